The van der Waals surface area contributed by atoms with Gasteiger partial charge in [0.25, 0.3) is 5.91 Å². The molecule has 0 spiro atoms. The first-order chi connectivity index (χ1) is 10.0. The second kappa shape index (κ2) is 5.01. The summed E-state index contributed by atoms with van der Waals surface area (Å²) in [5.74, 6) is -1.13. The highest BCUT2D eigenvalue weighted by Crippen LogP contribution is 2.22. The largest absolute Gasteiger partial charge is 0.476 e. The summed E-state index contributed by atoms with van der Waals surface area (Å²) in [5.41, 5.74) is 1.68. The fraction of sp³-hybridized carbons (Fsp3) is 0.286. The molecular weight excluding hydrogens is 272 g/mol. The standard InChI is InChI=1S/C14H14N4O3/c1-9-2-4-10(5-3-9)13(19)17-6-11(7-17)18-8-12(14(20)21)15-16-18/h2-5,8,11H,6-7H2,1H3,(H,20,21). The quantitative estimate of drug-likeness (QED) is 0.908. The maximum absolute atomic E-state index is 12.2. The summed E-state index contributed by atoms with van der Waals surface area (Å²) in [7, 11) is 0. The Balaban J connectivity index is 1.63. The van der Waals surface area contributed by atoms with Crippen molar-refractivity contribution in [2.75, 3.05) is 13.1 Å². The number of amides is 1. The number of carboxylic acids is 1. The van der Waals surface area contributed by atoms with E-state index in [1.54, 1.807) is 4.90 Å². The van der Waals surface area contributed by atoms with Crippen LogP contribution >= 0.6 is 0 Å². The lowest BCUT2D eigenvalue weighted by Gasteiger charge is -2.38. The first-order valence-corrected chi connectivity index (χ1v) is 6.55. The lowest BCUT2D eigenvalue weighted by Crippen LogP contribution is -2.50. The highest BCUT2D eigenvalue weighted by atomic mass is 16.4. The molecule has 1 fully saturated rings. The van der Waals surface area contributed by atoms with Crippen LogP contribution in [0.5, 0.6) is 0 Å². The highest BCUT2D eigenvalue weighted by Gasteiger charge is 2.33. The van der Waals surface area contributed by atoms with Crippen LogP contribution in [0, 0.1) is 6.92 Å². The van der Waals surface area contributed by atoms with Crippen molar-refractivity contribution in [1.29, 1.82) is 0 Å². The number of carbonyl (C=O) groups is 2. The molecule has 108 valence electrons. The van der Waals surface area contributed by atoms with Crippen LogP contribution in [0.3, 0.4) is 0 Å². The topological polar surface area (TPSA) is 88.3 Å². The molecule has 21 heavy (non-hydrogen) atoms. The molecule has 1 aliphatic rings. The Kier molecular flexibility index (Phi) is 3.17. The molecule has 2 heterocycles. The third-order valence-corrected chi connectivity index (χ3v) is 3.55. The monoisotopic (exact) mass is 286 g/mol. The van der Waals surface area contributed by atoms with Crippen molar-refractivity contribution in [3.05, 3.63) is 47.3 Å². The van der Waals surface area contributed by atoms with Gasteiger partial charge in [0.05, 0.1) is 12.2 Å². The van der Waals surface area contributed by atoms with Crippen molar-refractivity contribution < 1.29 is 14.7 Å². The maximum Gasteiger partial charge on any atom is 0.358 e. The minimum Gasteiger partial charge on any atom is -0.476 e. The van der Waals surface area contributed by atoms with E-state index < -0.39 is 5.97 Å². The fourth-order valence-corrected chi connectivity index (χ4v) is 2.22. The summed E-state index contributed by atoms with van der Waals surface area (Å²) in [6, 6.07) is 7.41. The molecule has 1 saturated heterocycles. The Morgan fingerprint density at radius 1 is 1.24 bits per heavy atom. The zero-order valence-corrected chi connectivity index (χ0v) is 11.4. The first-order valence-electron chi connectivity index (χ1n) is 6.55. The van der Waals surface area contributed by atoms with Crippen LogP contribution in [0.2, 0.25) is 0 Å². The molecule has 0 saturated carbocycles. The number of rotatable bonds is 3. The summed E-state index contributed by atoms with van der Waals surface area (Å²) >= 11 is 0. The minimum absolute atomic E-state index is 0.0139. The van der Waals surface area contributed by atoms with Gasteiger partial charge in [-0.25, -0.2) is 9.48 Å². The molecule has 1 aliphatic heterocycles. The molecule has 2 aromatic rings. The Labute approximate surface area is 120 Å². The normalized spacial score (nSPS) is 14.8. The number of aromatic carboxylic acids is 1. The van der Waals surface area contributed by atoms with Gasteiger partial charge in [0.2, 0.25) is 0 Å². The predicted octanol–water partition coefficient (Wildman–Crippen LogP) is 0.982. The molecule has 1 aromatic carbocycles. The van der Waals surface area contributed by atoms with Crippen molar-refractivity contribution >= 4 is 11.9 Å². The van der Waals surface area contributed by atoms with E-state index in [4.69, 9.17) is 5.11 Å². The highest BCUT2D eigenvalue weighted by molar-refractivity contribution is 5.94. The Hall–Kier alpha value is -2.70. The van der Waals surface area contributed by atoms with E-state index in [2.05, 4.69) is 10.3 Å². The van der Waals surface area contributed by atoms with Crippen LogP contribution < -0.4 is 0 Å². The molecule has 1 amide bonds. The number of aromatic nitrogens is 3. The predicted molar refractivity (Wildman–Crippen MR) is 73.1 cm³/mol. The van der Waals surface area contributed by atoms with Crippen molar-refractivity contribution in [3.8, 4) is 0 Å². The molecule has 0 aliphatic carbocycles. The van der Waals surface area contributed by atoms with Crippen LogP contribution in [0.25, 0.3) is 0 Å². The molecule has 0 radical (unpaired) electrons. The molecule has 0 atom stereocenters. The Morgan fingerprint density at radius 2 is 1.90 bits per heavy atom. The van der Waals surface area contributed by atoms with Crippen molar-refractivity contribution in [1.82, 2.24) is 19.9 Å². The lowest BCUT2D eigenvalue weighted by molar-refractivity contribution is 0.0497. The Morgan fingerprint density at radius 3 is 2.48 bits per heavy atom. The van der Waals surface area contributed by atoms with Gasteiger partial charge in [-0.3, -0.25) is 4.79 Å². The zero-order chi connectivity index (χ0) is 15.0. The Bertz CT molecular complexity index is 686. The van der Waals surface area contributed by atoms with Gasteiger partial charge in [-0.1, -0.05) is 22.9 Å². The first kappa shape index (κ1) is 13.3. The number of aryl methyl sites for hydroxylation is 1. The van der Waals surface area contributed by atoms with Gasteiger partial charge in [-0.05, 0) is 19.1 Å². The van der Waals surface area contributed by atoms with Crippen molar-refractivity contribution in [2.45, 2.75) is 13.0 Å². The van der Waals surface area contributed by atoms with Crippen LogP contribution in [0.4, 0.5) is 0 Å². The average molecular weight is 286 g/mol. The number of nitrogens with zero attached hydrogens (tertiary/aromatic N) is 4. The van der Waals surface area contributed by atoms with Gasteiger partial charge in [0.15, 0.2) is 5.69 Å². The molecule has 7 nitrogen and oxygen atoms in total. The number of benzene rings is 1. The molecule has 0 unspecified atom stereocenters. The lowest BCUT2D eigenvalue weighted by atomic mass is 10.1. The fourth-order valence-electron chi connectivity index (χ4n) is 2.22. The molecule has 7 heteroatoms. The number of hydrogen-bond acceptors (Lipinski definition) is 4. The van der Waals surface area contributed by atoms with Gasteiger partial charge < -0.3 is 10.0 Å². The maximum atomic E-state index is 12.2. The number of carboxylic acid groups (broad SMARTS) is 1. The third kappa shape index (κ3) is 2.49. The van der Waals surface area contributed by atoms with Crippen LogP contribution in [0.1, 0.15) is 32.5 Å². The van der Waals surface area contributed by atoms with Crippen LogP contribution in [-0.2, 0) is 0 Å². The van der Waals surface area contributed by atoms with Gasteiger partial charge in [0.1, 0.15) is 0 Å². The molecule has 1 N–H and O–H groups in total. The SMILES string of the molecule is Cc1ccc(C(=O)N2CC(n3cc(C(=O)O)nn3)C2)cc1. The zero-order valence-electron chi connectivity index (χ0n) is 11.4. The van der Waals surface area contributed by atoms with E-state index in [1.807, 2.05) is 31.2 Å². The van der Waals surface area contributed by atoms with Gasteiger partial charge in [-0.2, -0.15) is 0 Å². The summed E-state index contributed by atoms with van der Waals surface area (Å²) in [4.78, 5) is 24.7. The summed E-state index contributed by atoms with van der Waals surface area (Å²) in [6.07, 6.45) is 1.39. The average Bonchev–Trinajstić information content (AvgIpc) is 2.87. The van der Waals surface area contributed by atoms with E-state index >= 15 is 0 Å². The summed E-state index contributed by atoms with van der Waals surface area (Å²) < 4.78 is 1.50. The number of carbonyl (C=O) groups excluding carboxylic acids is 1. The summed E-state index contributed by atoms with van der Waals surface area (Å²) in [6.45, 7) is 2.99. The van der Waals surface area contributed by atoms with E-state index in [-0.39, 0.29) is 17.6 Å². The van der Waals surface area contributed by atoms with Crippen LogP contribution in [-0.4, -0.2) is 50.0 Å². The van der Waals surface area contributed by atoms with Gasteiger partial charge in [-0.15, -0.1) is 5.10 Å². The van der Waals surface area contributed by atoms with Crippen molar-refractivity contribution in [2.24, 2.45) is 0 Å². The third-order valence-electron chi connectivity index (χ3n) is 3.55. The molecular formula is C14H14N4O3. The summed E-state index contributed by atoms with van der Waals surface area (Å²) in [5, 5.41) is 16.2. The molecule has 1 aromatic heterocycles. The van der Waals surface area contributed by atoms with Crippen LogP contribution in [0.15, 0.2) is 30.5 Å². The molecule has 3 rings (SSSR count). The van der Waals surface area contributed by atoms with E-state index in [0.717, 1.165) is 5.56 Å². The van der Waals surface area contributed by atoms with Gasteiger partial charge >= 0.3 is 5.97 Å². The smallest absolute Gasteiger partial charge is 0.358 e. The minimum atomic E-state index is -1.10. The number of likely N-dealkylation sites (tertiary alicyclic amines) is 1. The van der Waals surface area contributed by atoms with Gasteiger partial charge in [0, 0.05) is 18.7 Å². The van der Waals surface area contributed by atoms with Crippen molar-refractivity contribution in [3.63, 3.8) is 0 Å². The van der Waals surface area contributed by atoms with E-state index in [1.165, 1.54) is 10.9 Å². The van der Waals surface area contributed by atoms with E-state index in [0.29, 0.717) is 18.7 Å². The molecule has 0 bridgehead atoms. The van der Waals surface area contributed by atoms with E-state index in [9.17, 15) is 9.59 Å². The number of hydrogen-bond donors (Lipinski definition) is 1. The second-order valence-electron chi connectivity index (χ2n) is 5.12. The second-order valence-corrected chi connectivity index (χ2v) is 5.12.